The molecule has 0 atom stereocenters. The first-order valence-corrected chi connectivity index (χ1v) is 7.86. The van der Waals surface area contributed by atoms with Gasteiger partial charge < -0.3 is 20.4 Å². The maximum Gasteiger partial charge on any atom is 0.119 e. The third kappa shape index (κ3) is 4.91. The van der Waals surface area contributed by atoms with Crippen LogP contribution < -0.4 is 0 Å². The van der Waals surface area contributed by atoms with Gasteiger partial charge in [-0.15, -0.1) is 0 Å². The molecule has 130 valence electrons. The molecule has 0 saturated heterocycles. The average molecular weight is 338 g/mol. The molecule has 3 aromatic carbocycles. The fraction of sp³-hybridized carbons (Fsp3) is 0.143. The van der Waals surface area contributed by atoms with Gasteiger partial charge in [-0.3, -0.25) is 0 Å². The van der Waals surface area contributed by atoms with Gasteiger partial charge in [-0.25, -0.2) is 0 Å². The lowest BCUT2D eigenvalue weighted by molar-refractivity contribution is 0.450. The fourth-order valence-corrected chi connectivity index (χ4v) is 2.42. The number of rotatable bonds is 2. The van der Waals surface area contributed by atoms with Crippen LogP contribution >= 0.6 is 0 Å². The van der Waals surface area contributed by atoms with E-state index < -0.39 is 0 Å². The summed E-state index contributed by atoms with van der Waals surface area (Å²) >= 11 is 0. The minimum atomic E-state index is -0.151. The van der Waals surface area contributed by atoms with E-state index in [9.17, 15) is 10.2 Å². The van der Waals surface area contributed by atoms with Crippen LogP contribution in [0.3, 0.4) is 0 Å². The van der Waals surface area contributed by atoms with Gasteiger partial charge in [0.05, 0.1) is 0 Å². The van der Waals surface area contributed by atoms with E-state index in [0.29, 0.717) is 0 Å². The zero-order valence-corrected chi connectivity index (χ0v) is 14.2. The van der Waals surface area contributed by atoms with E-state index >= 15 is 0 Å². The second-order valence-electron chi connectivity index (χ2n) is 6.24. The molecule has 3 rings (SSSR count). The molecule has 4 N–H and O–H groups in total. The molecule has 0 aromatic heterocycles. The van der Waals surface area contributed by atoms with Gasteiger partial charge >= 0.3 is 0 Å². The predicted molar refractivity (Wildman–Crippen MR) is 98.1 cm³/mol. The number of hydrogen-bond donors (Lipinski definition) is 4. The van der Waals surface area contributed by atoms with Crippen LogP contribution in [0.2, 0.25) is 0 Å². The first-order chi connectivity index (χ1) is 11.8. The summed E-state index contributed by atoms with van der Waals surface area (Å²) in [5.41, 5.74) is 2.10. The lowest BCUT2D eigenvalue weighted by Gasteiger charge is -2.26. The lowest BCUT2D eigenvalue weighted by Crippen LogP contribution is -2.18. The Labute approximate surface area is 147 Å². The van der Waals surface area contributed by atoms with E-state index in [1.165, 1.54) is 18.2 Å². The van der Waals surface area contributed by atoms with E-state index in [2.05, 4.69) is 13.8 Å². The SMILES string of the molecule is CC(C)(c1ccc(O)cc1)c1ccc(O)cc1.Oc1cccc(O)c1. The van der Waals surface area contributed by atoms with Gasteiger partial charge in [0.2, 0.25) is 0 Å². The molecule has 0 amide bonds. The highest BCUT2D eigenvalue weighted by Crippen LogP contribution is 2.32. The van der Waals surface area contributed by atoms with E-state index in [1.807, 2.05) is 24.3 Å². The Morgan fingerprint density at radius 2 is 0.880 bits per heavy atom. The molecular formula is C21H22O4. The minimum absolute atomic E-state index is 0.0880. The Bertz CT molecular complexity index is 741. The van der Waals surface area contributed by atoms with Gasteiger partial charge in [0.15, 0.2) is 0 Å². The molecule has 0 saturated carbocycles. The van der Waals surface area contributed by atoms with Crippen LogP contribution in [0.1, 0.15) is 25.0 Å². The van der Waals surface area contributed by atoms with Crippen LogP contribution in [0.25, 0.3) is 0 Å². The summed E-state index contributed by atoms with van der Waals surface area (Å²) in [6.07, 6.45) is 0. The largest absolute Gasteiger partial charge is 0.508 e. The van der Waals surface area contributed by atoms with E-state index in [-0.39, 0.29) is 28.4 Å². The molecule has 0 heterocycles. The van der Waals surface area contributed by atoms with Crippen molar-refractivity contribution < 1.29 is 20.4 Å². The molecule has 0 aliphatic heterocycles. The second-order valence-corrected chi connectivity index (χ2v) is 6.24. The summed E-state index contributed by atoms with van der Waals surface area (Å²) in [6.45, 7) is 4.23. The van der Waals surface area contributed by atoms with Crippen molar-refractivity contribution >= 4 is 0 Å². The van der Waals surface area contributed by atoms with Crippen molar-refractivity contribution in [1.82, 2.24) is 0 Å². The maximum absolute atomic E-state index is 9.30. The van der Waals surface area contributed by atoms with Crippen LogP contribution in [0.5, 0.6) is 23.0 Å². The predicted octanol–water partition coefficient (Wildman–Crippen LogP) is 4.52. The Morgan fingerprint density at radius 1 is 0.520 bits per heavy atom. The summed E-state index contributed by atoms with van der Waals surface area (Å²) in [6, 6.07) is 20.3. The number of phenols is 4. The molecule has 4 nitrogen and oxygen atoms in total. The Hall–Kier alpha value is -3.14. The van der Waals surface area contributed by atoms with Crippen molar-refractivity contribution in [2.24, 2.45) is 0 Å². The number of phenolic OH excluding ortho intramolecular Hbond substituents is 4. The van der Waals surface area contributed by atoms with E-state index in [1.54, 1.807) is 30.3 Å². The van der Waals surface area contributed by atoms with Gasteiger partial charge in [-0.05, 0) is 47.5 Å². The third-order valence-electron chi connectivity index (χ3n) is 4.01. The topological polar surface area (TPSA) is 80.9 Å². The van der Waals surface area contributed by atoms with Crippen molar-refractivity contribution in [2.45, 2.75) is 19.3 Å². The summed E-state index contributed by atoms with van der Waals surface area (Å²) < 4.78 is 0. The molecule has 0 bridgehead atoms. The summed E-state index contributed by atoms with van der Waals surface area (Å²) in [4.78, 5) is 0. The molecular weight excluding hydrogens is 316 g/mol. The Morgan fingerprint density at radius 3 is 1.16 bits per heavy atom. The van der Waals surface area contributed by atoms with Crippen molar-refractivity contribution in [3.05, 3.63) is 83.9 Å². The standard InChI is InChI=1S/C15H16O2.C6H6O2/c1-15(2,11-3-7-13(16)8-4-11)12-5-9-14(17)10-6-12;7-5-2-1-3-6(8)4-5/h3-10,16-17H,1-2H3;1-4,7-8H. The van der Waals surface area contributed by atoms with Crippen LogP contribution in [-0.2, 0) is 5.41 Å². The normalized spacial score (nSPS) is 10.6. The molecule has 0 fully saturated rings. The molecule has 0 aliphatic carbocycles. The van der Waals surface area contributed by atoms with E-state index in [4.69, 9.17) is 10.2 Å². The smallest absolute Gasteiger partial charge is 0.119 e. The van der Waals surface area contributed by atoms with Crippen LogP contribution in [0.15, 0.2) is 72.8 Å². The molecule has 0 radical (unpaired) electrons. The zero-order valence-electron chi connectivity index (χ0n) is 14.2. The van der Waals surface area contributed by atoms with Crippen molar-refractivity contribution in [3.8, 4) is 23.0 Å². The summed E-state index contributed by atoms with van der Waals surface area (Å²) in [5, 5.41) is 35.9. The molecule has 4 heteroatoms. The highest BCUT2D eigenvalue weighted by atomic mass is 16.3. The van der Waals surface area contributed by atoms with E-state index in [0.717, 1.165) is 11.1 Å². The quantitative estimate of drug-likeness (QED) is 0.554. The fourth-order valence-electron chi connectivity index (χ4n) is 2.42. The molecule has 3 aromatic rings. The second kappa shape index (κ2) is 7.62. The van der Waals surface area contributed by atoms with Crippen LogP contribution in [0.4, 0.5) is 0 Å². The molecule has 0 spiro atoms. The lowest BCUT2D eigenvalue weighted by atomic mass is 9.78. The first kappa shape index (κ1) is 18.2. The van der Waals surface area contributed by atoms with Crippen molar-refractivity contribution in [2.75, 3.05) is 0 Å². The van der Waals surface area contributed by atoms with Crippen molar-refractivity contribution in [1.29, 1.82) is 0 Å². The van der Waals surface area contributed by atoms with Gasteiger partial charge in [0.1, 0.15) is 23.0 Å². The summed E-state index contributed by atoms with van der Waals surface area (Å²) in [7, 11) is 0. The third-order valence-corrected chi connectivity index (χ3v) is 4.01. The number of benzene rings is 3. The Balaban J connectivity index is 0.000000236. The van der Waals surface area contributed by atoms with Gasteiger partial charge in [-0.1, -0.05) is 44.2 Å². The van der Waals surface area contributed by atoms with Crippen LogP contribution in [0, 0.1) is 0 Å². The van der Waals surface area contributed by atoms with Crippen LogP contribution in [-0.4, -0.2) is 20.4 Å². The maximum atomic E-state index is 9.30. The average Bonchev–Trinajstić information content (AvgIpc) is 2.56. The van der Waals surface area contributed by atoms with Crippen molar-refractivity contribution in [3.63, 3.8) is 0 Å². The first-order valence-electron chi connectivity index (χ1n) is 7.86. The Kier molecular flexibility index (Phi) is 5.55. The highest BCUT2D eigenvalue weighted by Gasteiger charge is 2.22. The highest BCUT2D eigenvalue weighted by molar-refractivity contribution is 5.41. The van der Waals surface area contributed by atoms with Gasteiger partial charge in [0, 0.05) is 11.5 Å². The van der Waals surface area contributed by atoms with Gasteiger partial charge in [-0.2, -0.15) is 0 Å². The minimum Gasteiger partial charge on any atom is -0.508 e. The molecule has 25 heavy (non-hydrogen) atoms. The molecule has 0 unspecified atom stereocenters. The number of aromatic hydroxyl groups is 4. The number of hydrogen-bond acceptors (Lipinski definition) is 4. The monoisotopic (exact) mass is 338 g/mol. The zero-order chi connectivity index (χ0) is 18.4. The summed E-state index contributed by atoms with van der Waals surface area (Å²) in [5.74, 6) is 0.723. The molecule has 0 aliphatic rings. The van der Waals surface area contributed by atoms with Gasteiger partial charge in [0.25, 0.3) is 0 Å².